The Hall–Kier alpha value is -5.77. The van der Waals surface area contributed by atoms with Crippen molar-refractivity contribution in [3.05, 3.63) is 89.9 Å². The number of amidine groups is 1. The molecule has 4 aromatic rings. The first-order valence-electron chi connectivity index (χ1n) is 14.6. The number of rotatable bonds is 7. The van der Waals surface area contributed by atoms with Crippen molar-refractivity contribution in [1.29, 1.82) is 10.8 Å². The molecule has 45 heavy (non-hydrogen) atoms. The number of aromatic nitrogens is 5. The molecule has 2 aliphatic rings. The van der Waals surface area contributed by atoms with E-state index in [1.807, 2.05) is 6.07 Å². The van der Waals surface area contributed by atoms with E-state index >= 15 is 0 Å². The lowest BCUT2D eigenvalue weighted by atomic mass is 9.77. The predicted molar refractivity (Wildman–Crippen MR) is 169 cm³/mol. The second kappa shape index (κ2) is 12.5. The number of benzene rings is 1. The lowest BCUT2D eigenvalue weighted by molar-refractivity contribution is 0.0953. The zero-order valence-electron chi connectivity index (χ0n) is 24.6. The molecule has 0 atom stereocenters. The highest BCUT2D eigenvalue weighted by Gasteiger charge is 2.41. The van der Waals surface area contributed by atoms with Crippen molar-refractivity contribution in [3.8, 4) is 17.6 Å². The van der Waals surface area contributed by atoms with Crippen molar-refractivity contribution >= 4 is 28.9 Å². The summed E-state index contributed by atoms with van der Waals surface area (Å²) < 4.78 is 1.54. The van der Waals surface area contributed by atoms with Gasteiger partial charge in [-0.05, 0) is 60.9 Å². The van der Waals surface area contributed by atoms with Gasteiger partial charge in [0.25, 0.3) is 5.91 Å². The SMILES string of the molecule is N=C(N)/C(=C\C(=N)c1ccccc1O)N1CCC2(CC1)CCN(c1ccnc(C#CCNC(=O)c3cc4ncccn4n3)n1)C2. The molecule has 5 heterocycles. The van der Waals surface area contributed by atoms with Crippen LogP contribution >= 0.6 is 0 Å². The Labute approximate surface area is 259 Å². The Balaban J connectivity index is 1.04. The maximum absolute atomic E-state index is 12.4. The number of piperidine rings is 1. The van der Waals surface area contributed by atoms with Crippen LogP contribution in [-0.2, 0) is 0 Å². The summed E-state index contributed by atoms with van der Waals surface area (Å²) in [4.78, 5) is 29.9. The van der Waals surface area contributed by atoms with E-state index in [4.69, 9.17) is 16.6 Å². The number of hydrogen-bond acceptors (Lipinski definition) is 10. The minimum Gasteiger partial charge on any atom is -0.507 e. The number of anilines is 1. The number of phenols is 1. The fraction of sp³-hybridized carbons (Fsp3) is 0.281. The summed E-state index contributed by atoms with van der Waals surface area (Å²) in [6, 6.07) is 11.9. The van der Waals surface area contributed by atoms with E-state index in [2.05, 4.69) is 47.0 Å². The van der Waals surface area contributed by atoms with Crippen LogP contribution in [0.3, 0.4) is 0 Å². The first kappa shape index (κ1) is 29.3. The molecule has 1 amide bonds. The summed E-state index contributed by atoms with van der Waals surface area (Å²) in [5, 5.41) is 33.7. The Bertz CT molecular complexity index is 1830. The van der Waals surface area contributed by atoms with Crippen molar-refractivity contribution in [2.24, 2.45) is 11.1 Å². The number of likely N-dealkylation sites (tertiary alicyclic amines) is 1. The summed E-state index contributed by atoms with van der Waals surface area (Å²) in [6.45, 7) is 3.26. The van der Waals surface area contributed by atoms with Crippen molar-refractivity contribution in [1.82, 2.24) is 34.8 Å². The molecule has 13 nitrogen and oxygen atoms in total. The van der Waals surface area contributed by atoms with Crippen LogP contribution in [0.2, 0.25) is 0 Å². The molecule has 6 N–H and O–H groups in total. The second-order valence-corrected chi connectivity index (χ2v) is 11.2. The fourth-order valence-corrected chi connectivity index (χ4v) is 5.88. The fourth-order valence-electron chi connectivity index (χ4n) is 5.88. The Kier molecular flexibility index (Phi) is 8.11. The zero-order valence-corrected chi connectivity index (χ0v) is 24.6. The highest BCUT2D eigenvalue weighted by atomic mass is 16.3. The number of nitrogens with zero attached hydrogens (tertiary/aromatic N) is 7. The van der Waals surface area contributed by atoms with Crippen LogP contribution in [0.1, 0.15) is 41.1 Å². The molecule has 0 bridgehead atoms. The first-order chi connectivity index (χ1) is 21.8. The number of allylic oxidation sites excluding steroid dienone is 1. The summed E-state index contributed by atoms with van der Waals surface area (Å²) in [7, 11) is 0. The molecule has 1 aromatic carbocycles. The van der Waals surface area contributed by atoms with E-state index < -0.39 is 0 Å². The van der Waals surface area contributed by atoms with E-state index in [1.165, 1.54) is 6.07 Å². The molecule has 13 heteroatoms. The van der Waals surface area contributed by atoms with Gasteiger partial charge < -0.3 is 31.4 Å². The van der Waals surface area contributed by atoms with Crippen LogP contribution in [0.15, 0.2) is 72.8 Å². The Morgan fingerprint density at radius 3 is 2.67 bits per heavy atom. The summed E-state index contributed by atoms with van der Waals surface area (Å²) in [6.07, 6.45) is 9.49. The maximum Gasteiger partial charge on any atom is 0.272 e. The molecule has 1 spiro atoms. The third-order valence-corrected chi connectivity index (χ3v) is 8.33. The summed E-state index contributed by atoms with van der Waals surface area (Å²) >= 11 is 0. The van der Waals surface area contributed by atoms with Crippen LogP contribution in [0.4, 0.5) is 5.82 Å². The van der Waals surface area contributed by atoms with Gasteiger partial charge >= 0.3 is 0 Å². The lowest BCUT2D eigenvalue weighted by Crippen LogP contribution is -2.43. The number of para-hydroxylation sites is 1. The van der Waals surface area contributed by atoms with Gasteiger partial charge in [-0.3, -0.25) is 10.2 Å². The van der Waals surface area contributed by atoms with Gasteiger partial charge in [0.2, 0.25) is 5.82 Å². The third-order valence-electron chi connectivity index (χ3n) is 8.33. The van der Waals surface area contributed by atoms with Crippen LogP contribution in [0.5, 0.6) is 5.75 Å². The van der Waals surface area contributed by atoms with E-state index in [-0.39, 0.29) is 40.9 Å². The molecular formula is C32H33N11O2. The van der Waals surface area contributed by atoms with Crippen molar-refractivity contribution < 1.29 is 9.90 Å². The van der Waals surface area contributed by atoms with Gasteiger partial charge in [-0.1, -0.05) is 18.1 Å². The van der Waals surface area contributed by atoms with Gasteiger partial charge in [-0.15, -0.1) is 0 Å². The highest BCUT2D eigenvalue weighted by Crippen LogP contribution is 2.42. The van der Waals surface area contributed by atoms with Gasteiger partial charge in [0.05, 0.1) is 18.0 Å². The van der Waals surface area contributed by atoms with Crippen molar-refractivity contribution in [2.45, 2.75) is 19.3 Å². The van der Waals surface area contributed by atoms with Gasteiger partial charge in [-0.2, -0.15) is 5.10 Å². The molecule has 6 rings (SSSR count). The number of carbonyl (C=O) groups excluding carboxylic acids is 1. The van der Waals surface area contributed by atoms with E-state index in [0.717, 1.165) is 38.2 Å². The quantitative estimate of drug-likeness (QED) is 0.120. The number of amides is 1. The molecule has 2 saturated heterocycles. The number of carbonyl (C=O) groups is 1. The predicted octanol–water partition coefficient (Wildman–Crippen LogP) is 2.19. The molecule has 0 aliphatic carbocycles. The number of phenolic OH excluding ortho intramolecular Hbond substituents is 1. The molecule has 0 unspecified atom stereocenters. The number of aromatic hydroxyl groups is 1. The average molecular weight is 604 g/mol. The van der Waals surface area contributed by atoms with Crippen molar-refractivity contribution in [3.63, 3.8) is 0 Å². The highest BCUT2D eigenvalue weighted by molar-refractivity contribution is 6.12. The van der Waals surface area contributed by atoms with Gasteiger partial charge in [0.1, 0.15) is 17.4 Å². The number of nitrogens with one attached hydrogen (secondary N) is 3. The van der Waals surface area contributed by atoms with Gasteiger partial charge in [0, 0.05) is 56.4 Å². The lowest BCUT2D eigenvalue weighted by Gasteiger charge is -2.41. The van der Waals surface area contributed by atoms with Crippen LogP contribution < -0.4 is 16.0 Å². The van der Waals surface area contributed by atoms with Crippen LogP contribution in [0.25, 0.3) is 5.65 Å². The number of fused-ring (bicyclic) bond motifs is 1. The average Bonchev–Trinajstić information content (AvgIpc) is 3.67. The molecule has 2 aliphatic heterocycles. The third kappa shape index (κ3) is 6.45. The number of nitrogens with two attached hydrogens (primary N) is 1. The molecule has 228 valence electrons. The van der Waals surface area contributed by atoms with Crippen LogP contribution in [0, 0.1) is 28.1 Å². The second-order valence-electron chi connectivity index (χ2n) is 11.2. The smallest absolute Gasteiger partial charge is 0.272 e. The Morgan fingerprint density at radius 1 is 1.09 bits per heavy atom. The molecular weight excluding hydrogens is 570 g/mol. The topological polar surface area (TPSA) is 186 Å². The summed E-state index contributed by atoms with van der Waals surface area (Å²) in [5.74, 6) is 6.65. The van der Waals surface area contributed by atoms with Gasteiger partial charge in [-0.25, -0.2) is 19.5 Å². The van der Waals surface area contributed by atoms with Crippen LogP contribution in [-0.4, -0.2) is 84.8 Å². The first-order valence-corrected chi connectivity index (χ1v) is 14.6. The number of hydrogen-bond donors (Lipinski definition) is 5. The monoisotopic (exact) mass is 603 g/mol. The molecule has 3 aromatic heterocycles. The minimum atomic E-state index is -0.336. The van der Waals surface area contributed by atoms with E-state index in [9.17, 15) is 9.90 Å². The largest absolute Gasteiger partial charge is 0.507 e. The molecule has 0 saturated carbocycles. The normalized spacial score (nSPS) is 16.0. The Morgan fingerprint density at radius 2 is 1.89 bits per heavy atom. The zero-order chi connectivity index (χ0) is 31.4. The van der Waals surface area contributed by atoms with Gasteiger partial charge in [0.15, 0.2) is 11.3 Å². The van der Waals surface area contributed by atoms with Crippen molar-refractivity contribution in [2.75, 3.05) is 37.6 Å². The minimum absolute atomic E-state index is 0.0216. The van der Waals surface area contributed by atoms with E-state index in [1.54, 1.807) is 59.5 Å². The maximum atomic E-state index is 12.4. The molecule has 2 fully saturated rings. The molecule has 0 radical (unpaired) electrons. The summed E-state index contributed by atoms with van der Waals surface area (Å²) in [5.41, 5.74) is 7.92. The standard InChI is InChI=1S/C32H33N11O2/c33-23(22-5-1-2-6-26(22)44)19-25(30(34)35)41-16-9-32(10-17-41)11-18-42(21-32)28-8-14-36-27(39-28)7-3-12-38-31(45)24-20-29-37-13-4-15-43(29)40-24/h1-2,4-6,8,13-15,19-20,33,44H,9-12,16-18,21H2,(H3,34,35)(H,38,45)/b25-19+,33-23?. The van der Waals surface area contributed by atoms with E-state index in [0.29, 0.717) is 35.8 Å².